The SMILES string of the molecule is CC[C@H](C)[C@@H]([C@@H](CC(=O)N1CCC[C@H]1[C@H](OC)[C@@H](C)C(=O)C[C@@H](Cc1ccccc1)c1nccs1)OC)N(C)C(=O)[C@@H](CC(=O)C(C)(C)NC(=O)OCc1ccc(NC(=O)[C@H](CCCNC(N)=O)CC(=O)[C@@H](NC(=O)[C@H](CCCCN)CC(=O)C(C)(C)N)C(C)C)cc1)C(C)C. The highest BCUT2D eigenvalue weighted by molar-refractivity contribution is 7.09. The van der Waals surface area contributed by atoms with Gasteiger partial charge in [-0.1, -0.05) is 104 Å². The number of ketones is 4. The third-order valence-electron chi connectivity index (χ3n) is 18.8. The Morgan fingerprint density at radius 3 is 2.00 bits per heavy atom. The number of amides is 7. The molecule has 0 unspecified atom stereocenters. The molecule has 1 saturated heterocycles. The van der Waals surface area contributed by atoms with Crippen molar-refractivity contribution in [1.29, 1.82) is 0 Å². The zero-order valence-corrected chi connectivity index (χ0v) is 60.2. The maximum atomic E-state index is 14.8. The van der Waals surface area contributed by atoms with Gasteiger partial charge >= 0.3 is 12.1 Å². The number of nitrogens with two attached hydrogens (primary N) is 3. The first-order valence-corrected chi connectivity index (χ1v) is 35.0. The molecule has 2 aromatic carbocycles. The smallest absolute Gasteiger partial charge is 0.408 e. The van der Waals surface area contributed by atoms with Crippen LogP contribution < -0.4 is 38.5 Å². The largest absolute Gasteiger partial charge is 0.445 e. The first-order chi connectivity index (χ1) is 45.3. The zero-order chi connectivity index (χ0) is 71.6. The fraction of sp³-hybridized carbons (Fsp3) is 0.653. The number of rotatable bonds is 43. The molecule has 24 heteroatoms. The van der Waals surface area contributed by atoms with E-state index in [1.807, 2.05) is 63.1 Å². The van der Waals surface area contributed by atoms with Gasteiger partial charge in [-0.05, 0) is 120 Å². The highest BCUT2D eigenvalue weighted by atomic mass is 32.1. The number of unbranched alkanes of at least 4 members (excludes halogenated alkanes) is 1. The minimum Gasteiger partial charge on any atom is -0.445 e. The van der Waals surface area contributed by atoms with Crippen molar-refractivity contribution < 1.29 is 62.2 Å². The summed E-state index contributed by atoms with van der Waals surface area (Å²) in [5.74, 6) is -6.41. The lowest BCUT2D eigenvalue weighted by Crippen LogP contribution is -2.55. The van der Waals surface area contributed by atoms with E-state index in [0.29, 0.717) is 69.3 Å². The number of nitrogens with one attached hydrogen (secondary N) is 4. The molecule has 11 atom stereocenters. The summed E-state index contributed by atoms with van der Waals surface area (Å²) in [6, 6.07) is 13.9. The number of urea groups is 1. The number of aromatic nitrogens is 1. The molecule has 7 amide bonds. The van der Waals surface area contributed by atoms with Gasteiger partial charge < -0.3 is 62.5 Å². The summed E-state index contributed by atoms with van der Waals surface area (Å²) < 4.78 is 17.8. The van der Waals surface area contributed by atoms with Crippen molar-refractivity contribution in [2.75, 3.05) is 46.2 Å². The highest BCUT2D eigenvalue weighted by Gasteiger charge is 2.44. The fourth-order valence-corrected chi connectivity index (χ4v) is 13.3. The molecule has 1 aromatic heterocycles. The van der Waals surface area contributed by atoms with E-state index >= 15 is 0 Å². The first kappa shape index (κ1) is 81.4. The van der Waals surface area contributed by atoms with E-state index < -0.39 is 94.5 Å². The van der Waals surface area contributed by atoms with Crippen LogP contribution in [-0.2, 0) is 65.6 Å². The predicted molar refractivity (Wildman–Crippen MR) is 372 cm³/mol. The van der Waals surface area contributed by atoms with Crippen LogP contribution in [0.5, 0.6) is 0 Å². The van der Waals surface area contributed by atoms with Gasteiger partial charge in [-0.25, -0.2) is 14.6 Å². The van der Waals surface area contributed by atoms with Crippen LogP contribution in [0.1, 0.15) is 182 Å². The molecule has 0 bridgehead atoms. The van der Waals surface area contributed by atoms with Gasteiger partial charge in [0.05, 0.1) is 52.8 Å². The van der Waals surface area contributed by atoms with Gasteiger partial charge in [0.1, 0.15) is 12.4 Å². The lowest BCUT2D eigenvalue weighted by Gasteiger charge is -2.41. The summed E-state index contributed by atoms with van der Waals surface area (Å²) in [4.78, 5) is 146. The molecule has 23 nitrogen and oxygen atoms in total. The van der Waals surface area contributed by atoms with Gasteiger partial charge in [-0.2, -0.15) is 0 Å². The van der Waals surface area contributed by atoms with E-state index in [1.54, 1.807) is 91.1 Å². The Balaban J connectivity index is 1.39. The summed E-state index contributed by atoms with van der Waals surface area (Å²) in [6.45, 7) is 20.2. The standard InChI is InChI=1S/C72H112N10O13S/c1-15-46(6)63(58(93-13)42-61(87)82-35-22-27-55(82)64(94-14)47(7)56(83)39-52(67-76-34-36-96-67)37-48-23-17-16-18-24-48)81(12)68(90)54(44(2)3)41-60(86)72(10,11)80-70(92)95-43-49-28-30-53(31-29-49)78-65(88)50(26-21-33-77-69(74)91)38-57(84)62(45(4)5)79-66(89)51(25-19-20-32-73)40-59(85)71(8,9)75/h16-18,23-24,28-31,34,36,44-47,50-52,54-55,58,62-64H,15,19-22,25-27,32-33,35,37-43,73,75H2,1-14H3,(H,78,88)(H,79,89)(H,80,92)(H3,74,77,91)/t46-,47-,50+,51+,52+,54-,55-,58+,62-,63-,64+/m0/s1. The second-order valence-corrected chi connectivity index (χ2v) is 28.8. The molecule has 3 aromatic rings. The Morgan fingerprint density at radius 2 is 1.43 bits per heavy atom. The summed E-state index contributed by atoms with van der Waals surface area (Å²) in [5.41, 5.74) is 16.4. The number of carbonyl (C=O) groups is 10. The predicted octanol–water partition coefficient (Wildman–Crippen LogP) is 8.83. The number of thiazole rings is 1. The Labute approximate surface area is 573 Å². The van der Waals surface area contributed by atoms with E-state index in [9.17, 15) is 47.9 Å². The molecule has 0 saturated carbocycles. The van der Waals surface area contributed by atoms with E-state index in [-0.39, 0.29) is 105 Å². The number of ether oxygens (including phenoxy) is 3. The van der Waals surface area contributed by atoms with Gasteiger partial charge in [-0.15, -0.1) is 11.3 Å². The number of primary amides is 1. The van der Waals surface area contributed by atoms with Crippen LogP contribution in [0.3, 0.4) is 0 Å². The number of hydrogen-bond acceptors (Lipinski definition) is 17. The third-order valence-corrected chi connectivity index (χ3v) is 19.8. The van der Waals surface area contributed by atoms with E-state index in [2.05, 4.69) is 38.4 Å². The number of nitrogens with zero attached hydrogens (tertiary/aromatic N) is 3. The van der Waals surface area contributed by atoms with Gasteiger partial charge in [0.15, 0.2) is 17.3 Å². The topological polar surface area (TPSA) is 344 Å². The van der Waals surface area contributed by atoms with Gasteiger partial charge in [0.2, 0.25) is 23.6 Å². The Bertz CT molecular complexity index is 2990. The number of carbonyl (C=O) groups excluding carboxylic acids is 10. The molecular weight excluding hydrogens is 1240 g/mol. The van der Waals surface area contributed by atoms with Crippen LogP contribution in [0.25, 0.3) is 0 Å². The second kappa shape index (κ2) is 39.4. The van der Waals surface area contributed by atoms with Crippen LogP contribution in [0.15, 0.2) is 66.2 Å². The highest BCUT2D eigenvalue weighted by Crippen LogP contribution is 2.34. The zero-order valence-electron chi connectivity index (χ0n) is 59.4. The average molecular weight is 1360 g/mol. The molecule has 10 N–H and O–H groups in total. The Kier molecular flexibility index (Phi) is 33.4. The molecular formula is C72H112N10O13S. The van der Waals surface area contributed by atoms with Gasteiger partial charge in [0.25, 0.3) is 0 Å². The van der Waals surface area contributed by atoms with Crippen LogP contribution in [-0.4, -0.2) is 156 Å². The normalized spacial score (nSPS) is 16.6. The molecule has 0 radical (unpaired) electrons. The van der Waals surface area contributed by atoms with Crippen LogP contribution in [0.2, 0.25) is 0 Å². The average Bonchev–Trinajstić information content (AvgIpc) is 1.41. The summed E-state index contributed by atoms with van der Waals surface area (Å²) in [5, 5.41) is 13.7. The Morgan fingerprint density at radius 1 is 0.771 bits per heavy atom. The van der Waals surface area contributed by atoms with E-state index in [4.69, 9.17) is 31.4 Å². The van der Waals surface area contributed by atoms with Crippen molar-refractivity contribution in [2.45, 2.75) is 220 Å². The number of Topliss-reactive ketones (excluding diaryl/α,β-unsaturated/α-hetero) is 4. The molecule has 534 valence electrons. The number of alkyl carbamates (subject to hydrolysis) is 1. The second-order valence-electron chi connectivity index (χ2n) is 27.9. The fourth-order valence-electron chi connectivity index (χ4n) is 12.6. The lowest BCUT2D eigenvalue weighted by atomic mass is 9.83. The molecule has 1 aliphatic rings. The van der Waals surface area contributed by atoms with Crippen molar-refractivity contribution >= 4 is 75.9 Å². The van der Waals surface area contributed by atoms with E-state index in [1.165, 1.54) is 18.4 Å². The maximum Gasteiger partial charge on any atom is 0.408 e. The van der Waals surface area contributed by atoms with Crippen LogP contribution >= 0.6 is 11.3 Å². The number of methoxy groups -OCH3 is 2. The van der Waals surface area contributed by atoms with Gasteiger partial charge in [-0.3, -0.25) is 38.4 Å². The summed E-state index contributed by atoms with van der Waals surface area (Å²) in [7, 11) is 4.80. The van der Waals surface area contributed by atoms with E-state index in [0.717, 1.165) is 17.0 Å². The molecule has 2 heterocycles. The molecule has 0 aliphatic carbocycles. The number of hydrogen-bond donors (Lipinski definition) is 7. The molecule has 4 rings (SSSR count). The quantitative estimate of drug-likeness (QED) is 0.0260. The monoisotopic (exact) mass is 1360 g/mol. The molecule has 0 spiro atoms. The lowest BCUT2D eigenvalue weighted by molar-refractivity contribution is -0.149. The molecule has 96 heavy (non-hydrogen) atoms. The minimum absolute atomic E-state index is 0.0337. The summed E-state index contributed by atoms with van der Waals surface area (Å²) >= 11 is 1.53. The van der Waals surface area contributed by atoms with Crippen molar-refractivity contribution in [3.8, 4) is 0 Å². The number of likely N-dealkylation sites (tertiary alicyclic amines) is 1. The maximum absolute atomic E-state index is 14.8. The van der Waals surface area contributed by atoms with Crippen LogP contribution in [0, 0.1) is 41.4 Å². The minimum atomic E-state index is -1.47. The molecule has 1 fully saturated rings. The number of anilines is 1. The van der Waals surface area contributed by atoms with Crippen molar-refractivity contribution in [3.63, 3.8) is 0 Å². The van der Waals surface area contributed by atoms with Crippen LogP contribution in [0.4, 0.5) is 15.3 Å². The van der Waals surface area contributed by atoms with Crippen molar-refractivity contribution in [1.82, 2.24) is 30.7 Å². The number of benzene rings is 2. The molecule has 1 aliphatic heterocycles. The summed E-state index contributed by atoms with van der Waals surface area (Å²) in [6.07, 6.45) is 4.01. The Hall–Kier alpha value is -6.99. The third kappa shape index (κ3) is 25.1. The van der Waals surface area contributed by atoms with Crippen molar-refractivity contribution in [2.24, 2.45) is 58.6 Å². The van der Waals surface area contributed by atoms with Gasteiger partial charge in [0, 0.05) is 107 Å². The number of likely N-dealkylation sites (N-methyl/N-ethyl adjacent to an activating group) is 1. The first-order valence-electron chi connectivity index (χ1n) is 34.1. The van der Waals surface area contributed by atoms with Crippen molar-refractivity contribution in [3.05, 3.63) is 82.3 Å².